The molecule has 1 aliphatic heterocycles. The Kier molecular flexibility index (Phi) is 4.44. The highest BCUT2D eigenvalue weighted by molar-refractivity contribution is 7.89. The van der Waals surface area contributed by atoms with E-state index in [0.717, 1.165) is 36.9 Å². The van der Waals surface area contributed by atoms with Crippen LogP contribution in [0, 0.1) is 5.92 Å². The summed E-state index contributed by atoms with van der Waals surface area (Å²) in [4.78, 5) is 14.8. The number of rotatable bonds is 3. The van der Waals surface area contributed by atoms with Gasteiger partial charge in [0.25, 0.3) is 0 Å². The van der Waals surface area contributed by atoms with Crippen LogP contribution in [0.25, 0.3) is 0 Å². The highest BCUT2D eigenvalue weighted by atomic mass is 32.2. The van der Waals surface area contributed by atoms with Crippen LogP contribution < -0.4 is 15.4 Å². The number of amides is 1. The predicted octanol–water partition coefficient (Wildman–Crippen LogP) is 1.00. The average Bonchev–Trinajstić information content (AvgIpc) is 2.97. The molecule has 1 fully saturated rings. The number of hydrogen-bond acceptors (Lipinski definition) is 4. The Hall–Kier alpha value is -1.44. The van der Waals surface area contributed by atoms with Crippen LogP contribution in [0.15, 0.2) is 23.1 Å². The van der Waals surface area contributed by atoms with Gasteiger partial charge in [-0.1, -0.05) is 6.42 Å². The Morgan fingerprint density at radius 1 is 1.35 bits per heavy atom. The number of nitrogens with one attached hydrogen (secondary N) is 1. The molecule has 126 valence electrons. The molecule has 0 saturated heterocycles. The summed E-state index contributed by atoms with van der Waals surface area (Å²) in [5.74, 6) is 0.119. The molecule has 1 heterocycles. The number of hydrogen-bond donors (Lipinski definition) is 2. The maximum absolute atomic E-state index is 12.8. The zero-order chi connectivity index (χ0) is 16.6. The van der Waals surface area contributed by atoms with Crippen LogP contribution in [0.1, 0.15) is 31.2 Å². The van der Waals surface area contributed by atoms with Gasteiger partial charge in [-0.15, -0.1) is 0 Å². The van der Waals surface area contributed by atoms with Gasteiger partial charge in [-0.25, -0.2) is 13.1 Å². The maximum Gasteiger partial charge on any atom is 0.240 e. The highest BCUT2D eigenvalue weighted by Gasteiger charge is 2.33. The van der Waals surface area contributed by atoms with E-state index in [1.54, 1.807) is 23.1 Å². The molecule has 0 aromatic heterocycles. The average molecular weight is 337 g/mol. The Labute approximate surface area is 137 Å². The predicted molar refractivity (Wildman–Crippen MR) is 88.7 cm³/mol. The van der Waals surface area contributed by atoms with E-state index in [1.165, 1.54) is 7.05 Å². The number of nitrogens with zero attached hydrogens (tertiary/aromatic N) is 1. The monoisotopic (exact) mass is 337 g/mol. The molecular weight excluding hydrogens is 314 g/mol. The summed E-state index contributed by atoms with van der Waals surface area (Å²) in [6.45, 7) is 0.614. The highest BCUT2D eigenvalue weighted by Crippen LogP contribution is 2.33. The second-order valence-electron chi connectivity index (χ2n) is 6.36. The summed E-state index contributed by atoms with van der Waals surface area (Å²) in [6, 6.07) is 5.08. The third kappa shape index (κ3) is 3.13. The van der Waals surface area contributed by atoms with Crippen molar-refractivity contribution >= 4 is 21.6 Å². The van der Waals surface area contributed by atoms with Crippen LogP contribution in [0.5, 0.6) is 0 Å². The molecule has 1 aromatic rings. The normalized spacial score (nSPS) is 24.5. The van der Waals surface area contributed by atoms with Gasteiger partial charge < -0.3 is 10.6 Å². The standard InChI is InChI=1S/C16H23N3O3S/c1-18-23(21,22)14-5-6-15-11(10-14)7-8-19(15)16(20)12-3-2-4-13(17)9-12/h5-6,10,12-13,18H,2-4,7-9,17H2,1H3. The molecule has 7 heteroatoms. The van der Waals surface area contributed by atoms with E-state index in [4.69, 9.17) is 5.73 Å². The summed E-state index contributed by atoms with van der Waals surface area (Å²) in [5, 5.41) is 0. The lowest BCUT2D eigenvalue weighted by atomic mass is 9.85. The minimum absolute atomic E-state index is 0.00887. The van der Waals surface area contributed by atoms with Gasteiger partial charge in [0.15, 0.2) is 0 Å². The van der Waals surface area contributed by atoms with Crippen LogP contribution >= 0.6 is 0 Å². The third-order valence-corrected chi connectivity index (χ3v) is 6.27. The molecule has 6 nitrogen and oxygen atoms in total. The summed E-state index contributed by atoms with van der Waals surface area (Å²) in [7, 11) is -2.06. The number of sulfonamides is 1. The molecule has 2 aliphatic rings. The van der Waals surface area contributed by atoms with Crippen molar-refractivity contribution in [3.05, 3.63) is 23.8 Å². The van der Waals surface area contributed by atoms with Gasteiger partial charge >= 0.3 is 0 Å². The smallest absolute Gasteiger partial charge is 0.240 e. The Morgan fingerprint density at radius 2 is 2.13 bits per heavy atom. The second kappa shape index (κ2) is 6.22. The number of carbonyl (C=O) groups is 1. The first kappa shape index (κ1) is 16.4. The summed E-state index contributed by atoms with van der Waals surface area (Å²) in [6.07, 6.45) is 4.32. The molecule has 0 radical (unpaired) electrons. The van der Waals surface area contributed by atoms with Crippen molar-refractivity contribution in [2.45, 2.75) is 43.0 Å². The van der Waals surface area contributed by atoms with Gasteiger partial charge in [-0.05, 0) is 56.5 Å². The van der Waals surface area contributed by atoms with Gasteiger partial charge in [0, 0.05) is 24.2 Å². The Balaban J connectivity index is 1.83. The molecule has 23 heavy (non-hydrogen) atoms. The van der Waals surface area contributed by atoms with Gasteiger partial charge in [-0.2, -0.15) is 0 Å². The topological polar surface area (TPSA) is 92.5 Å². The molecule has 1 saturated carbocycles. The SMILES string of the molecule is CNS(=O)(=O)c1ccc2c(c1)CCN2C(=O)C1CCCC(N)C1. The minimum atomic E-state index is -3.46. The molecular formula is C16H23N3O3S. The van der Waals surface area contributed by atoms with Crippen LogP contribution in [-0.2, 0) is 21.2 Å². The lowest BCUT2D eigenvalue weighted by Gasteiger charge is -2.29. The van der Waals surface area contributed by atoms with E-state index in [0.29, 0.717) is 13.0 Å². The van der Waals surface area contributed by atoms with Crippen molar-refractivity contribution in [3.8, 4) is 0 Å². The van der Waals surface area contributed by atoms with Gasteiger partial charge in [0.05, 0.1) is 4.90 Å². The largest absolute Gasteiger partial charge is 0.328 e. The molecule has 1 aliphatic carbocycles. The summed E-state index contributed by atoms with van der Waals surface area (Å²) in [5.41, 5.74) is 7.74. The fourth-order valence-corrected chi connectivity index (χ4v) is 4.34. The van der Waals surface area contributed by atoms with Gasteiger partial charge in [-0.3, -0.25) is 4.79 Å². The molecule has 0 spiro atoms. The van der Waals surface area contributed by atoms with Crippen LogP contribution in [-0.4, -0.2) is 34.0 Å². The first-order valence-corrected chi connectivity index (χ1v) is 9.54. The molecule has 3 N–H and O–H groups in total. The summed E-state index contributed by atoms with van der Waals surface area (Å²) < 4.78 is 26.1. The van der Waals surface area contributed by atoms with Crippen molar-refractivity contribution in [1.29, 1.82) is 0 Å². The second-order valence-corrected chi connectivity index (χ2v) is 8.25. The van der Waals surface area contributed by atoms with Crippen molar-refractivity contribution in [3.63, 3.8) is 0 Å². The number of anilines is 1. The van der Waals surface area contributed by atoms with Gasteiger partial charge in [0.2, 0.25) is 15.9 Å². The number of benzene rings is 1. The van der Waals surface area contributed by atoms with Crippen LogP contribution in [0.2, 0.25) is 0 Å². The van der Waals surface area contributed by atoms with Gasteiger partial charge in [0.1, 0.15) is 0 Å². The number of carbonyl (C=O) groups excluding carboxylic acids is 1. The number of nitrogens with two attached hydrogens (primary N) is 1. The lowest BCUT2D eigenvalue weighted by Crippen LogP contribution is -2.40. The zero-order valence-corrected chi connectivity index (χ0v) is 14.1. The third-order valence-electron chi connectivity index (χ3n) is 4.86. The van der Waals surface area contributed by atoms with Crippen LogP contribution in [0.3, 0.4) is 0 Å². The molecule has 3 rings (SSSR count). The first-order valence-electron chi connectivity index (χ1n) is 8.06. The molecule has 0 bridgehead atoms. The van der Waals surface area contributed by atoms with Crippen molar-refractivity contribution < 1.29 is 13.2 Å². The van der Waals surface area contributed by atoms with E-state index >= 15 is 0 Å². The number of fused-ring (bicyclic) bond motifs is 1. The Bertz CT molecular complexity index is 717. The molecule has 1 amide bonds. The van der Waals surface area contributed by atoms with Crippen LogP contribution in [0.4, 0.5) is 5.69 Å². The minimum Gasteiger partial charge on any atom is -0.328 e. The molecule has 2 unspecified atom stereocenters. The van der Waals surface area contributed by atoms with E-state index in [1.807, 2.05) is 0 Å². The lowest BCUT2D eigenvalue weighted by molar-refractivity contribution is -0.123. The quantitative estimate of drug-likeness (QED) is 0.861. The van der Waals surface area contributed by atoms with Crippen molar-refractivity contribution in [2.24, 2.45) is 11.7 Å². The maximum atomic E-state index is 12.8. The van der Waals surface area contributed by atoms with Crippen molar-refractivity contribution in [1.82, 2.24) is 4.72 Å². The molecule has 2 atom stereocenters. The molecule has 1 aromatic carbocycles. The van der Waals surface area contributed by atoms with E-state index in [-0.39, 0.29) is 22.8 Å². The fraction of sp³-hybridized carbons (Fsp3) is 0.562. The van der Waals surface area contributed by atoms with Crippen molar-refractivity contribution in [2.75, 3.05) is 18.5 Å². The first-order chi connectivity index (χ1) is 10.9. The van der Waals surface area contributed by atoms with E-state index < -0.39 is 10.0 Å². The van der Waals surface area contributed by atoms with E-state index in [2.05, 4.69) is 4.72 Å². The summed E-state index contributed by atoms with van der Waals surface area (Å²) >= 11 is 0. The fourth-order valence-electron chi connectivity index (χ4n) is 3.56. The zero-order valence-electron chi connectivity index (χ0n) is 13.3. The Morgan fingerprint density at radius 3 is 2.83 bits per heavy atom. The van der Waals surface area contributed by atoms with E-state index in [9.17, 15) is 13.2 Å².